The quantitative estimate of drug-likeness (QED) is 0.0261. The molecule has 1 unspecified atom stereocenters. The van der Waals surface area contributed by atoms with Crippen LogP contribution < -0.4 is 0 Å². The van der Waals surface area contributed by atoms with Crippen LogP contribution in [0.3, 0.4) is 0 Å². The third kappa shape index (κ3) is 61.3. The van der Waals surface area contributed by atoms with Crippen molar-refractivity contribution in [3.8, 4) is 0 Å². The van der Waals surface area contributed by atoms with Crippen LogP contribution in [0.2, 0.25) is 0 Å². The lowest BCUT2D eigenvalue weighted by Crippen LogP contribution is -2.30. The summed E-state index contributed by atoms with van der Waals surface area (Å²) in [4.78, 5) is 38.2. The fourth-order valence-electron chi connectivity index (χ4n) is 9.06. The molecule has 0 aromatic heterocycles. The van der Waals surface area contributed by atoms with E-state index < -0.39 is 6.10 Å². The lowest BCUT2D eigenvalue weighted by molar-refractivity contribution is -0.167. The maximum Gasteiger partial charge on any atom is 0.306 e. The van der Waals surface area contributed by atoms with Gasteiger partial charge in [-0.15, -0.1) is 0 Å². The van der Waals surface area contributed by atoms with Crippen molar-refractivity contribution in [2.75, 3.05) is 13.2 Å². The average Bonchev–Trinajstić information content (AvgIpc) is 3.41. The zero-order valence-corrected chi connectivity index (χ0v) is 49.6. The first kappa shape index (κ1) is 71.6. The molecule has 0 heterocycles. The van der Waals surface area contributed by atoms with Crippen LogP contribution in [0.25, 0.3) is 0 Å². The normalized spacial score (nSPS) is 12.6. The molecule has 0 rings (SSSR count). The van der Waals surface area contributed by atoms with Crippen molar-refractivity contribution < 1.29 is 28.6 Å². The SMILES string of the molecule is CC/C=C\C/C=C\C/C=C\C/C=C\CCCCCCCCCCCCCCCCCCC(=O)OCC(COC(=O)CCCCCCC/C=C\CCC)OC(=O)CCCCCCCCC/C=C\C/C=C\CCCCCC. The number of carbonyl (C=O) groups excluding carboxylic acids is 3. The summed E-state index contributed by atoms with van der Waals surface area (Å²) < 4.78 is 16.9. The summed E-state index contributed by atoms with van der Waals surface area (Å²) in [5.74, 6) is -0.888. The van der Waals surface area contributed by atoms with Crippen molar-refractivity contribution in [3.63, 3.8) is 0 Å². The van der Waals surface area contributed by atoms with E-state index in [4.69, 9.17) is 14.2 Å². The number of carbonyl (C=O) groups is 3. The van der Waals surface area contributed by atoms with E-state index in [1.807, 2.05) is 0 Å². The molecule has 0 saturated heterocycles. The van der Waals surface area contributed by atoms with Crippen LogP contribution in [0.5, 0.6) is 0 Å². The summed E-state index contributed by atoms with van der Waals surface area (Å²) in [5.41, 5.74) is 0. The summed E-state index contributed by atoms with van der Waals surface area (Å²) in [6, 6.07) is 0. The van der Waals surface area contributed by atoms with Crippen LogP contribution in [0.15, 0.2) is 85.1 Å². The third-order valence-electron chi connectivity index (χ3n) is 13.8. The molecular formula is C69H120O6. The van der Waals surface area contributed by atoms with Crippen molar-refractivity contribution >= 4 is 17.9 Å². The maximum atomic E-state index is 12.9. The second kappa shape index (κ2) is 63.1. The summed E-state index contributed by atoms with van der Waals surface area (Å²) in [6.45, 7) is 6.46. The van der Waals surface area contributed by atoms with Crippen molar-refractivity contribution in [1.29, 1.82) is 0 Å². The van der Waals surface area contributed by atoms with Crippen molar-refractivity contribution in [2.45, 2.75) is 322 Å². The Balaban J connectivity index is 4.18. The molecule has 0 saturated carbocycles. The highest BCUT2D eigenvalue weighted by Gasteiger charge is 2.19. The van der Waals surface area contributed by atoms with E-state index in [9.17, 15) is 14.4 Å². The van der Waals surface area contributed by atoms with Gasteiger partial charge in [0.15, 0.2) is 6.10 Å². The number of hydrogen-bond donors (Lipinski definition) is 0. The van der Waals surface area contributed by atoms with Crippen LogP contribution in [0, 0.1) is 0 Å². The maximum absolute atomic E-state index is 12.9. The van der Waals surface area contributed by atoms with Gasteiger partial charge in [0.1, 0.15) is 13.2 Å². The van der Waals surface area contributed by atoms with Crippen molar-refractivity contribution in [1.82, 2.24) is 0 Å². The predicted octanol–water partition coefficient (Wildman–Crippen LogP) is 21.9. The second-order valence-electron chi connectivity index (χ2n) is 21.3. The van der Waals surface area contributed by atoms with Crippen LogP contribution in [-0.4, -0.2) is 37.2 Å². The fraction of sp³-hybridized carbons (Fsp3) is 0.754. The lowest BCUT2D eigenvalue weighted by atomic mass is 10.0. The van der Waals surface area contributed by atoms with E-state index in [2.05, 4.69) is 106 Å². The Bertz CT molecular complexity index is 1430. The highest BCUT2D eigenvalue weighted by Crippen LogP contribution is 2.17. The van der Waals surface area contributed by atoms with Gasteiger partial charge in [-0.25, -0.2) is 0 Å². The Labute approximate surface area is 465 Å². The van der Waals surface area contributed by atoms with Gasteiger partial charge in [0, 0.05) is 19.3 Å². The van der Waals surface area contributed by atoms with Gasteiger partial charge < -0.3 is 14.2 Å². The minimum absolute atomic E-state index is 0.0800. The molecule has 0 N–H and O–H groups in total. The summed E-state index contributed by atoms with van der Waals surface area (Å²) in [5, 5.41) is 0. The van der Waals surface area contributed by atoms with Crippen LogP contribution in [0.1, 0.15) is 316 Å². The van der Waals surface area contributed by atoms with E-state index in [-0.39, 0.29) is 31.1 Å². The van der Waals surface area contributed by atoms with Crippen molar-refractivity contribution in [2.24, 2.45) is 0 Å². The van der Waals surface area contributed by atoms with E-state index in [0.717, 1.165) is 109 Å². The number of ether oxygens (including phenoxy) is 3. The fourth-order valence-corrected chi connectivity index (χ4v) is 9.06. The topological polar surface area (TPSA) is 78.9 Å². The number of allylic oxidation sites excluding steroid dienone is 14. The van der Waals surface area contributed by atoms with Crippen LogP contribution in [-0.2, 0) is 28.6 Å². The molecular weight excluding hydrogens is 925 g/mol. The summed E-state index contributed by atoms with van der Waals surface area (Å²) in [7, 11) is 0. The molecule has 0 fully saturated rings. The van der Waals surface area contributed by atoms with E-state index in [0.29, 0.717) is 19.3 Å². The van der Waals surface area contributed by atoms with Gasteiger partial charge in [0.25, 0.3) is 0 Å². The van der Waals surface area contributed by atoms with E-state index >= 15 is 0 Å². The molecule has 0 aromatic rings. The Morgan fingerprint density at radius 2 is 0.547 bits per heavy atom. The molecule has 0 amide bonds. The highest BCUT2D eigenvalue weighted by atomic mass is 16.6. The molecule has 0 bridgehead atoms. The molecule has 432 valence electrons. The van der Waals surface area contributed by atoms with Crippen molar-refractivity contribution in [3.05, 3.63) is 85.1 Å². The molecule has 0 radical (unpaired) electrons. The van der Waals surface area contributed by atoms with Gasteiger partial charge in [-0.2, -0.15) is 0 Å². The van der Waals surface area contributed by atoms with Gasteiger partial charge >= 0.3 is 17.9 Å². The first-order valence-electron chi connectivity index (χ1n) is 32.1. The first-order valence-corrected chi connectivity index (χ1v) is 32.1. The van der Waals surface area contributed by atoms with E-state index in [1.54, 1.807) is 0 Å². The molecule has 0 aliphatic carbocycles. The lowest BCUT2D eigenvalue weighted by Gasteiger charge is -2.18. The molecule has 0 aromatic carbocycles. The largest absolute Gasteiger partial charge is 0.462 e. The van der Waals surface area contributed by atoms with Crippen LogP contribution >= 0.6 is 0 Å². The Morgan fingerprint density at radius 3 is 0.880 bits per heavy atom. The van der Waals surface area contributed by atoms with Crippen LogP contribution in [0.4, 0.5) is 0 Å². The van der Waals surface area contributed by atoms with Gasteiger partial charge in [0.2, 0.25) is 0 Å². The smallest absolute Gasteiger partial charge is 0.306 e. The monoisotopic (exact) mass is 1040 g/mol. The standard InChI is InChI=1S/C69H120O6/c1-4-7-10-13-16-19-22-24-26-28-30-31-32-33-34-35-36-37-38-39-40-42-43-45-47-50-53-56-59-62-68(71)74-65-66(64-73-67(70)61-58-55-52-49-21-18-15-12-9-6-3)75-69(72)63-60-57-54-51-48-46-44-41-29-27-25-23-20-17-14-11-8-5-2/h7,10,12,15-16,19-20,23-24,26-27,29-31,66H,4-6,8-9,11,13-14,17-18,21-22,25,28,32-65H2,1-3H3/b10-7-,15-12-,19-16-,23-20-,26-24-,29-27-,31-30-. The highest BCUT2D eigenvalue weighted by molar-refractivity contribution is 5.71. The van der Waals surface area contributed by atoms with Gasteiger partial charge in [-0.1, -0.05) is 273 Å². The van der Waals surface area contributed by atoms with Gasteiger partial charge in [0.05, 0.1) is 0 Å². The summed E-state index contributed by atoms with van der Waals surface area (Å²) >= 11 is 0. The Morgan fingerprint density at radius 1 is 0.280 bits per heavy atom. The third-order valence-corrected chi connectivity index (χ3v) is 13.8. The molecule has 1 atom stereocenters. The number of hydrogen-bond acceptors (Lipinski definition) is 6. The van der Waals surface area contributed by atoms with E-state index in [1.165, 1.54) is 167 Å². The predicted molar refractivity (Wildman–Crippen MR) is 325 cm³/mol. The molecule has 6 nitrogen and oxygen atoms in total. The van der Waals surface area contributed by atoms with Gasteiger partial charge in [-0.05, 0) is 109 Å². The molecule has 6 heteroatoms. The second-order valence-corrected chi connectivity index (χ2v) is 21.3. The number of unbranched alkanes of at least 4 members (excludes halogenated alkanes) is 33. The molecule has 0 aliphatic heterocycles. The molecule has 75 heavy (non-hydrogen) atoms. The minimum Gasteiger partial charge on any atom is -0.462 e. The molecule has 0 spiro atoms. The van der Waals surface area contributed by atoms with Gasteiger partial charge in [-0.3, -0.25) is 14.4 Å². The zero-order valence-electron chi connectivity index (χ0n) is 49.6. The number of esters is 3. The first-order chi connectivity index (χ1) is 37.0. The molecule has 0 aliphatic rings. The Hall–Kier alpha value is -3.41. The summed E-state index contributed by atoms with van der Waals surface area (Å²) in [6.07, 6.45) is 83.2. The zero-order chi connectivity index (χ0) is 54.3. The average molecular weight is 1050 g/mol. The number of rotatable bonds is 58. The Kier molecular flexibility index (Phi) is 60.3. The minimum atomic E-state index is -0.783.